The zero-order valence-electron chi connectivity index (χ0n) is 16.4. The fourth-order valence-electron chi connectivity index (χ4n) is 3.34. The summed E-state index contributed by atoms with van der Waals surface area (Å²) < 4.78 is 16.1. The topological polar surface area (TPSA) is 116 Å². The minimum atomic E-state index is -1.36. The number of esters is 3. The number of carbonyl (C=O) groups is 4. The van der Waals surface area contributed by atoms with E-state index in [2.05, 4.69) is 19.7 Å². The van der Waals surface area contributed by atoms with Crippen LogP contribution >= 0.6 is 0 Å². The van der Waals surface area contributed by atoms with E-state index in [1.54, 1.807) is 0 Å². The molecule has 1 aliphatic carbocycles. The predicted octanol–water partition coefficient (Wildman–Crippen LogP) is 1.34. The van der Waals surface area contributed by atoms with Crippen LogP contribution in [0.2, 0.25) is 0 Å². The van der Waals surface area contributed by atoms with Gasteiger partial charge >= 0.3 is 17.9 Å². The summed E-state index contributed by atoms with van der Waals surface area (Å²) in [6.07, 6.45) is -2.52. The van der Waals surface area contributed by atoms with E-state index in [0.717, 1.165) is 6.92 Å². The van der Waals surface area contributed by atoms with Gasteiger partial charge in [0.05, 0.1) is 5.92 Å². The molecule has 2 aliphatic rings. The molecule has 1 heterocycles. The van der Waals surface area contributed by atoms with Crippen LogP contribution in [0.4, 0.5) is 0 Å². The van der Waals surface area contributed by atoms with Gasteiger partial charge in [0.25, 0.3) is 0 Å². The van der Waals surface area contributed by atoms with Gasteiger partial charge in [-0.05, 0) is 25.3 Å². The van der Waals surface area contributed by atoms with Crippen molar-refractivity contribution in [3.8, 4) is 0 Å². The Morgan fingerprint density at radius 2 is 1.93 bits per heavy atom. The fraction of sp³-hybridized carbons (Fsp3) is 0.429. The summed E-state index contributed by atoms with van der Waals surface area (Å²) in [6, 6.07) is 0. The van der Waals surface area contributed by atoms with E-state index in [1.165, 1.54) is 13.0 Å². The van der Waals surface area contributed by atoms with Crippen LogP contribution in [0.3, 0.4) is 0 Å². The molecule has 29 heavy (non-hydrogen) atoms. The Morgan fingerprint density at radius 3 is 2.48 bits per heavy atom. The monoisotopic (exact) mass is 404 g/mol. The zero-order valence-corrected chi connectivity index (χ0v) is 16.4. The third-order valence-corrected chi connectivity index (χ3v) is 4.84. The Kier molecular flexibility index (Phi) is 6.92. The van der Waals surface area contributed by atoms with Gasteiger partial charge in [0.1, 0.15) is 18.5 Å². The molecular formula is C21H24O8. The highest BCUT2D eigenvalue weighted by molar-refractivity contribution is 5.92. The van der Waals surface area contributed by atoms with Crippen LogP contribution in [0.15, 0.2) is 48.1 Å². The Bertz CT molecular complexity index is 805. The van der Waals surface area contributed by atoms with Gasteiger partial charge in [-0.25, -0.2) is 9.59 Å². The van der Waals surface area contributed by atoms with Crippen LogP contribution in [0.25, 0.3) is 0 Å². The van der Waals surface area contributed by atoms with Crippen molar-refractivity contribution >= 4 is 24.2 Å². The van der Waals surface area contributed by atoms with E-state index in [0.29, 0.717) is 24.7 Å². The molecule has 0 saturated carbocycles. The second-order valence-electron chi connectivity index (χ2n) is 7.06. The molecule has 1 N–H and O–H groups in total. The molecule has 5 unspecified atom stereocenters. The lowest BCUT2D eigenvalue weighted by Crippen LogP contribution is -2.48. The number of ether oxygens (including phenoxy) is 3. The van der Waals surface area contributed by atoms with Gasteiger partial charge in [0, 0.05) is 23.6 Å². The molecule has 156 valence electrons. The molecule has 0 bridgehead atoms. The normalized spacial score (nSPS) is 29.8. The third-order valence-electron chi connectivity index (χ3n) is 4.84. The van der Waals surface area contributed by atoms with Crippen molar-refractivity contribution in [3.63, 3.8) is 0 Å². The van der Waals surface area contributed by atoms with E-state index >= 15 is 0 Å². The van der Waals surface area contributed by atoms with E-state index in [-0.39, 0.29) is 16.7 Å². The first-order valence-electron chi connectivity index (χ1n) is 9.02. The largest absolute Gasteiger partial charge is 0.455 e. The van der Waals surface area contributed by atoms with Gasteiger partial charge in [-0.1, -0.05) is 25.8 Å². The summed E-state index contributed by atoms with van der Waals surface area (Å²) in [5, 5.41) is 10.7. The lowest BCUT2D eigenvalue weighted by Gasteiger charge is -2.35. The summed E-state index contributed by atoms with van der Waals surface area (Å²) in [5.74, 6) is -3.42. The smallest absolute Gasteiger partial charge is 0.334 e. The lowest BCUT2D eigenvalue weighted by molar-refractivity contribution is -0.168. The quantitative estimate of drug-likeness (QED) is 0.245. The van der Waals surface area contributed by atoms with Crippen LogP contribution in [0, 0.1) is 5.92 Å². The number of aliphatic hydroxyl groups is 1. The lowest BCUT2D eigenvalue weighted by atomic mass is 9.80. The number of aliphatic hydroxyl groups excluding tert-OH is 1. The molecule has 8 heteroatoms. The van der Waals surface area contributed by atoms with Crippen molar-refractivity contribution in [1.29, 1.82) is 0 Å². The second-order valence-corrected chi connectivity index (χ2v) is 7.06. The Balaban J connectivity index is 2.67. The zero-order chi connectivity index (χ0) is 21.9. The minimum Gasteiger partial charge on any atom is -0.455 e. The van der Waals surface area contributed by atoms with E-state index in [1.807, 2.05) is 0 Å². The molecule has 2 rings (SSSR count). The number of rotatable bonds is 4. The highest BCUT2D eigenvalue weighted by atomic mass is 16.6. The predicted molar refractivity (Wildman–Crippen MR) is 101 cm³/mol. The molecule has 1 fully saturated rings. The highest BCUT2D eigenvalue weighted by Crippen LogP contribution is 2.39. The molecule has 1 saturated heterocycles. The van der Waals surface area contributed by atoms with Gasteiger partial charge in [0.15, 0.2) is 12.2 Å². The van der Waals surface area contributed by atoms with E-state index in [4.69, 9.17) is 14.2 Å². The number of fused-ring (bicyclic) bond motifs is 1. The summed E-state index contributed by atoms with van der Waals surface area (Å²) in [6.45, 7) is 13.6. The first-order valence-corrected chi connectivity index (χ1v) is 9.02. The number of hydrogen-bond acceptors (Lipinski definition) is 8. The van der Waals surface area contributed by atoms with Crippen molar-refractivity contribution in [2.45, 2.75) is 51.1 Å². The van der Waals surface area contributed by atoms with Crippen molar-refractivity contribution in [3.05, 3.63) is 48.1 Å². The van der Waals surface area contributed by atoms with Gasteiger partial charge in [0.2, 0.25) is 0 Å². The minimum absolute atomic E-state index is 0.0507. The molecule has 0 radical (unpaired) electrons. The van der Waals surface area contributed by atoms with Crippen LogP contribution < -0.4 is 0 Å². The van der Waals surface area contributed by atoms with Crippen LogP contribution in [-0.4, -0.2) is 53.7 Å². The number of allylic oxidation sites excluding steroid dienone is 1. The third kappa shape index (κ3) is 4.71. The summed E-state index contributed by atoms with van der Waals surface area (Å²) in [4.78, 5) is 48.0. The van der Waals surface area contributed by atoms with Crippen molar-refractivity contribution < 1.29 is 38.5 Å². The average molecular weight is 404 g/mol. The van der Waals surface area contributed by atoms with Gasteiger partial charge in [-0.2, -0.15) is 0 Å². The molecular weight excluding hydrogens is 380 g/mol. The molecule has 0 amide bonds. The van der Waals surface area contributed by atoms with Crippen molar-refractivity contribution in [1.82, 2.24) is 0 Å². The maximum Gasteiger partial charge on any atom is 0.334 e. The standard InChI is InChI=1S/C21H24O8/c1-10(2)20(25)29-19-15-12(4)21(26)28-18(15)16(24)11(3)7-6-8-14(9-22)17(19)27-13(5)23/h8-9,15-19,24H,1,3-4,6-7H2,2,5H3. The molecule has 0 aromatic carbocycles. The summed E-state index contributed by atoms with van der Waals surface area (Å²) in [7, 11) is 0. The van der Waals surface area contributed by atoms with E-state index < -0.39 is 48.2 Å². The molecule has 0 spiro atoms. The van der Waals surface area contributed by atoms with Crippen molar-refractivity contribution in [2.24, 2.45) is 5.92 Å². The average Bonchev–Trinajstić information content (AvgIpc) is 2.94. The number of aldehydes is 1. The van der Waals surface area contributed by atoms with Gasteiger partial charge < -0.3 is 19.3 Å². The molecule has 0 aromatic heterocycles. The first kappa shape index (κ1) is 22.3. The summed E-state index contributed by atoms with van der Waals surface area (Å²) >= 11 is 0. The Labute approximate surface area is 168 Å². The second kappa shape index (κ2) is 9.00. The molecule has 1 aliphatic heterocycles. The highest BCUT2D eigenvalue weighted by Gasteiger charge is 2.52. The molecule has 0 aromatic rings. The van der Waals surface area contributed by atoms with Crippen LogP contribution in [-0.2, 0) is 33.4 Å². The van der Waals surface area contributed by atoms with Crippen LogP contribution in [0.1, 0.15) is 26.7 Å². The maximum absolute atomic E-state index is 12.3. The Morgan fingerprint density at radius 1 is 1.28 bits per heavy atom. The molecule has 8 nitrogen and oxygen atoms in total. The summed E-state index contributed by atoms with van der Waals surface area (Å²) in [5.41, 5.74) is 0.400. The SMILES string of the molecule is C=C(C)C(=O)OC1C(OC(C)=O)C(C=O)=CCCC(=C)C(O)C2OC(=O)C(=C)C21. The van der Waals surface area contributed by atoms with Gasteiger partial charge in [-0.15, -0.1) is 0 Å². The van der Waals surface area contributed by atoms with Crippen molar-refractivity contribution in [2.75, 3.05) is 0 Å². The van der Waals surface area contributed by atoms with Gasteiger partial charge in [-0.3, -0.25) is 9.59 Å². The first-order chi connectivity index (χ1) is 13.6. The fourth-order valence-corrected chi connectivity index (χ4v) is 3.34. The van der Waals surface area contributed by atoms with Crippen LogP contribution in [0.5, 0.6) is 0 Å². The molecule has 5 atom stereocenters. The number of carbonyl (C=O) groups excluding carboxylic acids is 4. The maximum atomic E-state index is 12.3. The number of hydrogen-bond donors (Lipinski definition) is 1. The Hall–Kier alpha value is -3.00. The van der Waals surface area contributed by atoms with E-state index in [9.17, 15) is 24.3 Å².